The molecule has 2 amide bonds. The van der Waals surface area contributed by atoms with Crippen LogP contribution in [0.25, 0.3) is 0 Å². The van der Waals surface area contributed by atoms with E-state index in [1.54, 1.807) is 12.1 Å². The number of halogens is 1. The molecule has 0 heterocycles. The number of hydrogen-bond donors (Lipinski definition) is 1. The summed E-state index contributed by atoms with van der Waals surface area (Å²) in [4.78, 5) is 26.6. The quantitative estimate of drug-likeness (QED) is 0.797. The Labute approximate surface area is 159 Å². The van der Waals surface area contributed by atoms with Crippen molar-refractivity contribution in [1.82, 2.24) is 10.2 Å². The van der Waals surface area contributed by atoms with Crippen molar-refractivity contribution in [2.75, 3.05) is 0 Å². The summed E-state index contributed by atoms with van der Waals surface area (Å²) in [5, 5.41) is 3.53. The maximum atomic E-state index is 13.0. The molecule has 1 aliphatic carbocycles. The van der Waals surface area contributed by atoms with Crippen molar-refractivity contribution >= 4 is 23.4 Å². The van der Waals surface area contributed by atoms with Gasteiger partial charge in [-0.25, -0.2) is 0 Å². The van der Waals surface area contributed by atoms with E-state index < -0.39 is 0 Å². The first-order valence-electron chi connectivity index (χ1n) is 8.89. The van der Waals surface area contributed by atoms with Gasteiger partial charge in [0.2, 0.25) is 11.8 Å². The van der Waals surface area contributed by atoms with Crippen molar-refractivity contribution in [2.45, 2.75) is 44.8 Å². The van der Waals surface area contributed by atoms with Crippen LogP contribution in [0, 0.1) is 0 Å². The van der Waals surface area contributed by atoms with E-state index in [-0.39, 0.29) is 24.3 Å². The van der Waals surface area contributed by atoms with Crippen molar-refractivity contribution in [3.8, 4) is 0 Å². The first kappa shape index (κ1) is 18.5. The third kappa shape index (κ3) is 5.09. The average molecular weight is 371 g/mol. The van der Waals surface area contributed by atoms with Gasteiger partial charge in [0.25, 0.3) is 0 Å². The fraction of sp³-hybridized carbons (Fsp3) is 0.333. The molecule has 1 aliphatic rings. The second-order valence-corrected chi connectivity index (χ2v) is 7.18. The Hall–Kier alpha value is -2.33. The van der Waals surface area contributed by atoms with Crippen LogP contribution in [0.3, 0.4) is 0 Å². The Balaban J connectivity index is 1.74. The van der Waals surface area contributed by atoms with Crippen LogP contribution >= 0.6 is 11.6 Å². The Morgan fingerprint density at radius 2 is 1.77 bits per heavy atom. The summed E-state index contributed by atoms with van der Waals surface area (Å²) in [7, 11) is 0. The first-order chi connectivity index (χ1) is 12.5. The number of amides is 2. The average Bonchev–Trinajstić information content (AvgIpc) is 3.45. The molecule has 4 nitrogen and oxygen atoms in total. The molecule has 0 radical (unpaired) electrons. The number of carbonyl (C=O) groups excluding carboxylic acids is 2. The van der Waals surface area contributed by atoms with Crippen molar-refractivity contribution in [1.29, 1.82) is 0 Å². The van der Waals surface area contributed by atoms with E-state index in [9.17, 15) is 9.59 Å². The second-order valence-electron chi connectivity index (χ2n) is 6.75. The minimum Gasteiger partial charge on any atom is -0.349 e. The van der Waals surface area contributed by atoms with Crippen LogP contribution in [0.5, 0.6) is 0 Å². The molecule has 26 heavy (non-hydrogen) atoms. The van der Waals surface area contributed by atoms with Gasteiger partial charge in [-0.2, -0.15) is 0 Å². The summed E-state index contributed by atoms with van der Waals surface area (Å²) in [5.74, 6) is -0.0937. The Morgan fingerprint density at radius 1 is 1.12 bits per heavy atom. The molecule has 136 valence electrons. The number of hydrogen-bond acceptors (Lipinski definition) is 2. The molecule has 0 saturated heterocycles. The fourth-order valence-electron chi connectivity index (χ4n) is 3.07. The van der Waals surface area contributed by atoms with E-state index in [1.807, 2.05) is 47.4 Å². The zero-order valence-corrected chi connectivity index (χ0v) is 15.6. The molecule has 1 fully saturated rings. The van der Waals surface area contributed by atoms with Crippen molar-refractivity contribution in [3.05, 3.63) is 70.7 Å². The number of nitrogens with zero attached hydrogens (tertiary/aromatic N) is 1. The van der Waals surface area contributed by atoms with E-state index in [4.69, 9.17) is 11.6 Å². The number of carbonyl (C=O) groups is 2. The number of rotatable bonds is 7. The lowest BCUT2D eigenvalue weighted by atomic mass is 10.0. The number of benzene rings is 2. The van der Waals surface area contributed by atoms with Gasteiger partial charge in [0.15, 0.2) is 0 Å². The second kappa shape index (κ2) is 8.37. The summed E-state index contributed by atoms with van der Waals surface area (Å²) < 4.78 is 0. The number of nitrogens with one attached hydrogen (secondary N) is 1. The lowest BCUT2D eigenvalue weighted by Crippen LogP contribution is -2.36. The van der Waals surface area contributed by atoms with Gasteiger partial charge in [-0.05, 0) is 36.1 Å². The molecule has 0 bridgehead atoms. The van der Waals surface area contributed by atoms with Gasteiger partial charge in [0, 0.05) is 24.5 Å². The molecule has 0 aromatic heterocycles. The van der Waals surface area contributed by atoms with Crippen molar-refractivity contribution < 1.29 is 9.59 Å². The summed E-state index contributed by atoms with van der Waals surface area (Å²) in [6.07, 6.45) is 2.33. The summed E-state index contributed by atoms with van der Waals surface area (Å²) >= 11 is 5.96. The summed E-state index contributed by atoms with van der Waals surface area (Å²) in [6.45, 7) is 2.08. The van der Waals surface area contributed by atoms with E-state index >= 15 is 0 Å². The normalized spacial score (nSPS) is 14.5. The van der Waals surface area contributed by atoms with Crippen LogP contribution in [0.1, 0.15) is 43.4 Å². The smallest absolute Gasteiger partial charge is 0.225 e. The lowest BCUT2D eigenvalue weighted by molar-refractivity contribution is -0.133. The van der Waals surface area contributed by atoms with Crippen LogP contribution in [0.2, 0.25) is 5.02 Å². The topological polar surface area (TPSA) is 49.4 Å². The Bertz CT molecular complexity index is 757. The predicted molar refractivity (Wildman–Crippen MR) is 103 cm³/mol. The molecular weight excluding hydrogens is 348 g/mol. The summed E-state index contributed by atoms with van der Waals surface area (Å²) in [5.41, 5.74) is 2.00. The molecule has 1 unspecified atom stereocenters. The highest BCUT2D eigenvalue weighted by atomic mass is 35.5. The highest BCUT2D eigenvalue weighted by molar-refractivity contribution is 6.30. The molecule has 2 aromatic rings. The zero-order chi connectivity index (χ0) is 18.5. The standard InChI is InChI=1S/C21H23ClN2O2/c1-15(25)23-20(17-7-9-18(22)10-8-17)13-21(26)24(19-11-12-19)14-16-5-3-2-4-6-16/h2-10,19-20H,11-14H2,1H3,(H,23,25). The van der Waals surface area contributed by atoms with Gasteiger partial charge in [0.1, 0.15) is 0 Å². The largest absolute Gasteiger partial charge is 0.349 e. The molecule has 0 spiro atoms. The molecule has 5 heteroatoms. The van der Waals surface area contributed by atoms with Gasteiger partial charge in [0.05, 0.1) is 12.5 Å². The maximum Gasteiger partial charge on any atom is 0.225 e. The minimum atomic E-state index is -0.353. The third-order valence-electron chi connectivity index (χ3n) is 4.53. The predicted octanol–water partition coefficient (Wildman–Crippen LogP) is 4.10. The van der Waals surface area contributed by atoms with E-state index in [0.717, 1.165) is 24.0 Å². The molecule has 1 saturated carbocycles. The highest BCUT2D eigenvalue weighted by Crippen LogP contribution is 2.30. The van der Waals surface area contributed by atoms with Gasteiger partial charge in [-0.15, -0.1) is 0 Å². The minimum absolute atomic E-state index is 0.0602. The lowest BCUT2D eigenvalue weighted by Gasteiger charge is -2.26. The molecule has 2 aromatic carbocycles. The SMILES string of the molecule is CC(=O)NC(CC(=O)N(Cc1ccccc1)C1CC1)c1ccc(Cl)cc1. The van der Waals surface area contributed by atoms with Crippen LogP contribution < -0.4 is 5.32 Å². The molecule has 0 aliphatic heterocycles. The van der Waals surface area contributed by atoms with Gasteiger partial charge >= 0.3 is 0 Å². The van der Waals surface area contributed by atoms with Crippen LogP contribution in [0.15, 0.2) is 54.6 Å². The Morgan fingerprint density at radius 3 is 2.35 bits per heavy atom. The monoisotopic (exact) mass is 370 g/mol. The molecule has 1 N–H and O–H groups in total. The summed E-state index contributed by atoms with van der Waals surface area (Å²) in [6, 6.07) is 17.2. The zero-order valence-electron chi connectivity index (χ0n) is 14.8. The molecular formula is C21H23ClN2O2. The molecule has 1 atom stereocenters. The Kier molecular flexibility index (Phi) is 5.94. The maximum absolute atomic E-state index is 13.0. The van der Waals surface area contributed by atoms with Crippen LogP contribution in [-0.2, 0) is 16.1 Å². The van der Waals surface area contributed by atoms with Crippen molar-refractivity contribution in [2.24, 2.45) is 0 Å². The van der Waals surface area contributed by atoms with E-state index in [0.29, 0.717) is 17.6 Å². The highest BCUT2D eigenvalue weighted by Gasteiger charge is 2.33. The van der Waals surface area contributed by atoms with Crippen molar-refractivity contribution in [3.63, 3.8) is 0 Å². The molecule has 3 rings (SSSR count). The van der Waals surface area contributed by atoms with E-state index in [1.165, 1.54) is 6.92 Å². The first-order valence-corrected chi connectivity index (χ1v) is 9.26. The fourth-order valence-corrected chi connectivity index (χ4v) is 3.20. The van der Waals surface area contributed by atoms with Gasteiger partial charge in [-0.3, -0.25) is 9.59 Å². The van der Waals surface area contributed by atoms with Crippen LogP contribution in [0.4, 0.5) is 0 Å². The van der Waals surface area contributed by atoms with Gasteiger partial charge < -0.3 is 10.2 Å². The third-order valence-corrected chi connectivity index (χ3v) is 4.78. The van der Waals surface area contributed by atoms with Crippen LogP contribution in [-0.4, -0.2) is 22.8 Å². The van der Waals surface area contributed by atoms with Gasteiger partial charge in [-0.1, -0.05) is 54.1 Å². The van der Waals surface area contributed by atoms with E-state index in [2.05, 4.69) is 5.32 Å².